The molecule has 0 saturated carbocycles. The zero-order valence-electron chi connectivity index (χ0n) is 22.2. The Kier molecular flexibility index (Phi) is 10.3. The van der Waals surface area contributed by atoms with Crippen molar-refractivity contribution in [1.29, 1.82) is 5.26 Å². The molecule has 41 heavy (non-hydrogen) atoms. The highest BCUT2D eigenvalue weighted by molar-refractivity contribution is 9.10. The number of methoxy groups -OCH3 is 1. The fraction of sp³-hybridized carbons (Fsp3) is 0.125. The summed E-state index contributed by atoms with van der Waals surface area (Å²) in [7, 11) is 1.53. The molecule has 0 radical (unpaired) electrons. The molecule has 0 aliphatic carbocycles. The first kappa shape index (κ1) is 30.0. The number of rotatable bonds is 10. The van der Waals surface area contributed by atoms with Crippen LogP contribution in [0.4, 0.5) is 5.69 Å². The van der Waals surface area contributed by atoms with Crippen LogP contribution in [0.5, 0.6) is 17.2 Å². The summed E-state index contributed by atoms with van der Waals surface area (Å²) < 4.78 is 18.0. The molecule has 0 aliphatic heterocycles. The zero-order valence-corrected chi connectivity index (χ0v) is 25.3. The molecular formula is C32H25BrCl2N2O4. The van der Waals surface area contributed by atoms with E-state index in [1.807, 2.05) is 37.3 Å². The molecule has 0 aromatic heterocycles. The van der Waals surface area contributed by atoms with Crippen molar-refractivity contribution in [3.8, 4) is 23.3 Å². The topological polar surface area (TPSA) is 80.6 Å². The minimum atomic E-state index is -0.552. The van der Waals surface area contributed by atoms with Gasteiger partial charge in [0.1, 0.15) is 30.6 Å². The average molecular weight is 652 g/mol. The van der Waals surface area contributed by atoms with E-state index in [2.05, 4.69) is 21.2 Å². The van der Waals surface area contributed by atoms with Crippen molar-refractivity contribution in [2.75, 3.05) is 12.4 Å². The molecule has 1 N–H and O–H groups in total. The number of benzene rings is 4. The normalized spacial score (nSPS) is 11.0. The third kappa shape index (κ3) is 8.27. The quantitative estimate of drug-likeness (QED) is 0.137. The van der Waals surface area contributed by atoms with Crippen LogP contribution in [0.25, 0.3) is 6.08 Å². The molecule has 0 atom stereocenters. The van der Waals surface area contributed by atoms with Gasteiger partial charge in [0.25, 0.3) is 5.91 Å². The Labute approximate surface area is 257 Å². The Bertz CT molecular complexity index is 1630. The van der Waals surface area contributed by atoms with E-state index in [-0.39, 0.29) is 12.2 Å². The highest BCUT2D eigenvalue weighted by atomic mass is 79.9. The van der Waals surface area contributed by atoms with Crippen LogP contribution < -0.4 is 19.5 Å². The third-order valence-electron chi connectivity index (χ3n) is 5.92. The van der Waals surface area contributed by atoms with Gasteiger partial charge < -0.3 is 19.5 Å². The van der Waals surface area contributed by atoms with Gasteiger partial charge in [-0.05, 0) is 88.6 Å². The van der Waals surface area contributed by atoms with E-state index in [4.69, 9.17) is 37.4 Å². The number of amides is 1. The van der Waals surface area contributed by atoms with Crippen LogP contribution in [0.15, 0.2) is 88.9 Å². The summed E-state index contributed by atoms with van der Waals surface area (Å²) in [5.41, 5.74) is 3.98. The number of anilines is 1. The molecular weight excluding hydrogens is 627 g/mol. The molecule has 4 aromatic carbocycles. The Morgan fingerprint density at radius 1 is 1.00 bits per heavy atom. The van der Waals surface area contributed by atoms with Crippen molar-refractivity contribution in [3.05, 3.63) is 121 Å². The monoisotopic (exact) mass is 650 g/mol. The summed E-state index contributed by atoms with van der Waals surface area (Å²) in [6.45, 7) is 2.64. The predicted molar refractivity (Wildman–Crippen MR) is 166 cm³/mol. The lowest BCUT2D eigenvalue weighted by Gasteiger charge is -2.14. The lowest BCUT2D eigenvalue weighted by molar-refractivity contribution is -0.112. The molecule has 0 spiro atoms. The summed E-state index contributed by atoms with van der Waals surface area (Å²) in [5.74, 6) is 1.02. The number of ether oxygens (including phenoxy) is 3. The van der Waals surface area contributed by atoms with Crippen molar-refractivity contribution < 1.29 is 19.0 Å². The van der Waals surface area contributed by atoms with Crippen LogP contribution in [0.3, 0.4) is 0 Å². The van der Waals surface area contributed by atoms with Crippen molar-refractivity contribution >= 4 is 56.8 Å². The molecule has 0 saturated heterocycles. The molecule has 1 amide bonds. The van der Waals surface area contributed by atoms with Gasteiger partial charge in [-0.25, -0.2) is 0 Å². The van der Waals surface area contributed by atoms with E-state index in [0.717, 1.165) is 16.7 Å². The number of hydrogen-bond donors (Lipinski definition) is 1. The first-order chi connectivity index (χ1) is 19.7. The second kappa shape index (κ2) is 14.1. The van der Waals surface area contributed by atoms with Gasteiger partial charge in [0.05, 0.1) is 11.6 Å². The lowest BCUT2D eigenvalue weighted by Crippen LogP contribution is -2.13. The fourth-order valence-corrected chi connectivity index (χ4v) is 4.91. The summed E-state index contributed by atoms with van der Waals surface area (Å²) >= 11 is 15.7. The van der Waals surface area contributed by atoms with Crippen LogP contribution in [0, 0.1) is 18.3 Å². The largest absolute Gasteiger partial charge is 0.493 e. The average Bonchev–Trinajstić information content (AvgIpc) is 2.95. The number of aryl methyl sites for hydroxylation is 1. The minimum absolute atomic E-state index is 0.0786. The predicted octanol–water partition coefficient (Wildman–Crippen LogP) is 8.78. The maximum absolute atomic E-state index is 12.9. The maximum atomic E-state index is 12.9. The first-order valence-corrected chi connectivity index (χ1v) is 14.0. The molecule has 0 unspecified atom stereocenters. The molecule has 9 heteroatoms. The molecule has 0 bridgehead atoms. The van der Waals surface area contributed by atoms with Crippen molar-refractivity contribution in [3.63, 3.8) is 0 Å². The van der Waals surface area contributed by atoms with Gasteiger partial charge in [-0.3, -0.25) is 4.79 Å². The third-order valence-corrected chi connectivity index (χ3v) is 7.09. The molecule has 208 valence electrons. The van der Waals surface area contributed by atoms with Gasteiger partial charge in [-0.15, -0.1) is 0 Å². The van der Waals surface area contributed by atoms with E-state index in [0.29, 0.717) is 49.6 Å². The van der Waals surface area contributed by atoms with E-state index in [9.17, 15) is 10.1 Å². The van der Waals surface area contributed by atoms with Gasteiger partial charge in [0.15, 0.2) is 11.5 Å². The fourth-order valence-electron chi connectivity index (χ4n) is 3.87. The van der Waals surface area contributed by atoms with Gasteiger partial charge in [-0.1, -0.05) is 59.1 Å². The van der Waals surface area contributed by atoms with Crippen molar-refractivity contribution in [2.24, 2.45) is 0 Å². The van der Waals surface area contributed by atoms with Crippen LogP contribution >= 0.6 is 39.1 Å². The van der Waals surface area contributed by atoms with Crippen LogP contribution in [-0.4, -0.2) is 13.0 Å². The van der Waals surface area contributed by atoms with E-state index in [1.165, 1.54) is 13.2 Å². The van der Waals surface area contributed by atoms with E-state index in [1.54, 1.807) is 54.6 Å². The Morgan fingerprint density at radius 2 is 1.78 bits per heavy atom. The first-order valence-electron chi connectivity index (χ1n) is 12.4. The summed E-state index contributed by atoms with van der Waals surface area (Å²) in [6, 6.07) is 25.5. The Morgan fingerprint density at radius 3 is 2.46 bits per heavy atom. The maximum Gasteiger partial charge on any atom is 0.266 e. The highest BCUT2D eigenvalue weighted by Gasteiger charge is 2.15. The molecule has 0 heterocycles. The molecule has 4 aromatic rings. The van der Waals surface area contributed by atoms with Crippen LogP contribution in [-0.2, 0) is 18.0 Å². The van der Waals surface area contributed by atoms with E-state index >= 15 is 0 Å². The van der Waals surface area contributed by atoms with Gasteiger partial charge in [0.2, 0.25) is 0 Å². The summed E-state index contributed by atoms with van der Waals surface area (Å²) in [6.07, 6.45) is 1.49. The lowest BCUT2D eigenvalue weighted by atomic mass is 10.1. The van der Waals surface area contributed by atoms with Gasteiger partial charge in [0, 0.05) is 21.3 Å². The molecule has 0 fully saturated rings. The number of nitrogens with one attached hydrogen (secondary N) is 1. The highest BCUT2D eigenvalue weighted by Crippen LogP contribution is 2.38. The molecule has 0 aliphatic rings. The smallest absolute Gasteiger partial charge is 0.266 e. The number of nitrogens with zero attached hydrogens (tertiary/aromatic N) is 1. The second-order valence-electron chi connectivity index (χ2n) is 8.98. The Balaban J connectivity index is 1.42. The number of carbonyl (C=O) groups is 1. The molecule has 6 nitrogen and oxygen atoms in total. The van der Waals surface area contributed by atoms with Gasteiger partial charge in [-0.2, -0.15) is 5.26 Å². The SMILES string of the molecule is COc1cc(/C=C(\C#N)C(=O)Nc2ccc(OCc3ccc(Cl)cc3Cl)cc2)cc(Br)c1OCc1cccc(C)c1. The van der Waals surface area contributed by atoms with Crippen molar-refractivity contribution in [2.45, 2.75) is 20.1 Å². The number of halogens is 3. The standard InChI is InChI=1S/C32H25BrCl2N2O4/c1-20-4-3-5-21(12-20)18-41-31-28(33)14-22(15-30(31)39-2)13-24(17-36)32(38)37-26-8-10-27(11-9-26)40-19-23-6-7-25(34)16-29(23)35/h3-16H,18-19H2,1-2H3,(H,37,38)/b24-13+. The van der Waals surface area contributed by atoms with Crippen LogP contribution in [0.1, 0.15) is 22.3 Å². The van der Waals surface area contributed by atoms with Crippen LogP contribution in [0.2, 0.25) is 10.0 Å². The number of hydrogen-bond acceptors (Lipinski definition) is 5. The minimum Gasteiger partial charge on any atom is -0.493 e. The van der Waals surface area contributed by atoms with Gasteiger partial charge >= 0.3 is 0 Å². The summed E-state index contributed by atoms with van der Waals surface area (Å²) in [5, 5.41) is 13.5. The molecule has 4 rings (SSSR count). The second-order valence-corrected chi connectivity index (χ2v) is 10.7. The zero-order chi connectivity index (χ0) is 29.4. The summed E-state index contributed by atoms with van der Waals surface area (Å²) in [4.78, 5) is 12.9. The van der Waals surface area contributed by atoms with Crippen molar-refractivity contribution in [1.82, 2.24) is 0 Å². The van der Waals surface area contributed by atoms with E-state index < -0.39 is 5.91 Å². The Hall–Kier alpha value is -3.96. The number of carbonyl (C=O) groups excluding carboxylic acids is 1. The number of nitriles is 1.